The monoisotopic (exact) mass is 241 g/mol. The summed E-state index contributed by atoms with van der Waals surface area (Å²) < 4.78 is 38.7. The molecular weight excluding hydrogens is 227 g/mol. The summed E-state index contributed by atoms with van der Waals surface area (Å²) in [6.07, 6.45) is -1.87. The van der Waals surface area contributed by atoms with Gasteiger partial charge < -0.3 is 5.73 Å². The molecule has 2 aliphatic rings. The molecule has 1 aromatic rings. The summed E-state index contributed by atoms with van der Waals surface area (Å²) in [4.78, 5) is 0. The third kappa shape index (κ3) is 1.58. The van der Waals surface area contributed by atoms with Crippen LogP contribution in [0.5, 0.6) is 0 Å². The minimum atomic E-state index is -4.24. The summed E-state index contributed by atoms with van der Waals surface area (Å²) in [7, 11) is 0. The second-order valence-corrected chi connectivity index (χ2v) is 5.10. The van der Waals surface area contributed by atoms with E-state index in [-0.39, 0.29) is 17.9 Å². The molecule has 17 heavy (non-hydrogen) atoms. The summed E-state index contributed by atoms with van der Waals surface area (Å²) in [5.74, 6) is 0.363. The fourth-order valence-corrected chi connectivity index (χ4v) is 3.42. The lowest BCUT2D eigenvalue weighted by atomic mass is 9.77. The Labute approximate surface area is 97.8 Å². The number of benzene rings is 1. The molecule has 0 aromatic heterocycles. The van der Waals surface area contributed by atoms with Gasteiger partial charge in [0.05, 0.1) is 5.56 Å². The van der Waals surface area contributed by atoms with E-state index in [1.54, 1.807) is 0 Å². The maximum Gasteiger partial charge on any atom is 0.416 e. The van der Waals surface area contributed by atoms with E-state index in [1.807, 2.05) is 6.07 Å². The molecule has 92 valence electrons. The van der Waals surface area contributed by atoms with E-state index in [4.69, 9.17) is 5.73 Å². The van der Waals surface area contributed by atoms with Crippen LogP contribution in [0.2, 0.25) is 0 Å². The van der Waals surface area contributed by atoms with Gasteiger partial charge in [0.15, 0.2) is 0 Å². The Morgan fingerprint density at radius 2 is 1.94 bits per heavy atom. The second-order valence-electron chi connectivity index (χ2n) is 5.10. The van der Waals surface area contributed by atoms with Crippen molar-refractivity contribution in [3.63, 3.8) is 0 Å². The lowest BCUT2D eigenvalue weighted by Crippen LogP contribution is -2.36. The quantitative estimate of drug-likeness (QED) is 0.742. The molecule has 2 bridgehead atoms. The standard InChI is InChI=1S/C13H14F3N/c14-13(15,16)11-3-1-2-8-9-5-4-7(12(9)17)6-10(8)11/h1-3,7,9,12H,4-6,17H2/t7?,9?,12-/m0/s1. The number of rotatable bonds is 0. The molecule has 3 atom stereocenters. The lowest BCUT2D eigenvalue weighted by Gasteiger charge is -2.31. The summed E-state index contributed by atoms with van der Waals surface area (Å²) in [6.45, 7) is 0. The molecule has 1 nitrogen and oxygen atoms in total. The summed E-state index contributed by atoms with van der Waals surface area (Å²) in [5.41, 5.74) is 6.95. The summed E-state index contributed by atoms with van der Waals surface area (Å²) >= 11 is 0. The average Bonchev–Trinajstić information content (AvgIpc) is 2.51. The smallest absolute Gasteiger partial charge is 0.327 e. The van der Waals surface area contributed by atoms with Gasteiger partial charge in [-0.1, -0.05) is 12.1 Å². The molecule has 1 saturated carbocycles. The van der Waals surface area contributed by atoms with E-state index in [9.17, 15) is 13.2 Å². The van der Waals surface area contributed by atoms with Gasteiger partial charge in [-0.15, -0.1) is 0 Å². The van der Waals surface area contributed by atoms with Crippen LogP contribution in [0.3, 0.4) is 0 Å². The van der Waals surface area contributed by atoms with Gasteiger partial charge in [0.25, 0.3) is 0 Å². The first-order chi connectivity index (χ1) is 7.98. The van der Waals surface area contributed by atoms with Gasteiger partial charge in [-0.25, -0.2) is 0 Å². The van der Waals surface area contributed by atoms with Crippen molar-refractivity contribution in [2.24, 2.45) is 11.7 Å². The van der Waals surface area contributed by atoms with Crippen molar-refractivity contribution in [1.29, 1.82) is 0 Å². The fraction of sp³-hybridized carbons (Fsp3) is 0.538. The van der Waals surface area contributed by atoms with Gasteiger partial charge in [-0.05, 0) is 48.3 Å². The highest BCUT2D eigenvalue weighted by molar-refractivity contribution is 5.43. The van der Waals surface area contributed by atoms with Crippen molar-refractivity contribution in [2.45, 2.75) is 37.4 Å². The minimum absolute atomic E-state index is 0.0472. The van der Waals surface area contributed by atoms with Crippen molar-refractivity contribution < 1.29 is 13.2 Å². The Hall–Kier alpha value is -1.03. The highest BCUT2D eigenvalue weighted by Crippen LogP contribution is 2.48. The van der Waals surface area contributed by atoms with Crippen LogP contribution in [-0.2, 0) is 12.6 Å². The largest absolute Gasteiger partial charge is 0.416 e. The third-order valence-electron chi connectivity index (χ3n) is 4.24. The van der Waals surface area contributed by atoms with Crippen LogP contribution in [0.25, 0.3) is 0 Å². The molecule has 2 aliphatic carbocycles. The van der Waals surface area contributed by atoms with Gasteiger partial charge >= 0.3 is 6.18 Å². The normalized spacial score (nSPS) is 31.4. The van der Waals surface area contributed by atoms with E-state index >= 15 is 0 Å². The number of hydrogen-bond donors (Lipinski definition) is 1. The Bertz CT molecular complexity index is 452. The van der Waals surface area contributed by atoms with Gasteiger partial charge in [0, 0.05) is 6.04 Å². The van der Waals surface area contributed by atoms with Crippen molar-refractivity contribution in [3.05, 3.63) is 34.9 Å². The fourth-order valence-electron chi connectivity index (χ4n) is 3.42. The maximum absolute atomic E-state index is 12.9. The van der Waals surface area contributed by atoms with E-state index in [0.29, 0.717) is 12.0 Å². The predicted octanol–water partition coefficient (Wildman–Crippen LogP) is 3.08. The Morgan fingerprint density at radius 1 is 1.18 bits per heavy atom. The number of alkyl halides is 3. The third-order valence-corrected chi connectivity index (χ3v) is 4.24. The molecule has 0 heterocycles. The van der Waals surface area contributed by atoms with Crippen LogP contribution in [0.1, 0.15) is 35.4 Å². The van der Waals surface area contributed by atoms with Crippen LogP contribution in [-0.4, -0.2) is 6.04 Å². The van der Waals surface area contributed by atoms with E-state index in [1.165, 1.54) is 12.1 Å². The Balaban J connectivity index is 2.14. The Kier molecular flexibility index (Phi) is 2.27. The Morgan fingerprint density at radius 3 is 2.65 bits per heavy atom. The van der Waals surface area contributed by atoms with Crippen molar-refractivity contribution in [2.75, 3.05) is 0 Å². The molecule has 2 N–H and O–H groups in total. The average molecular weight is 241 g/mol. The highest BCUT2D eigenvalue weighted by atomic mass is 19.4. The SMILES string of the molecule is N[C@H]1C2CCC1c1cccc(C(F)(F)F)c1C2. The number of hydrogen-bond acceptors (Lipinski definition) is 1. The van der Waals surface area contributed by atoms with Crippen LogP contribution < -0.4 is 5.73 Å². The first-order valence-electron chi connectivity index (χ1n) is 5.93. The zero-order valence-corrected chi connectivity index (χ0v) is 9.30. The summed E-state index contributed by atoms with van der Waals surface area (Å²) in [6, 6.07) is 4.56. The topological polar surface area (TPSA) is 26.0 Å². The van der Waals surface area contributed by atoms with Gasteiger partial charge in [-0.2, -0.15) is 13.2 Å². The van der Waals surface area contributed by atoms with Crippen LogP contribution >= 0.6 is 0 Å². The van der Waals surface area contributed by atoms with Gasteiger partial charge in [-0.3, -0.25) is 0 Å². The van der Waals surface area contributed by atoms with E-state index < -0.39 is 11.7 Å². The van der Waals surface area contributed by atoms with Crippen molar-refractivity contribution in [3.8, 4) is 0 Å². The molecule has 0 amide bonds. The van der Waals surface area contributed by atoms with Crippen LogP contribution in [0, 0.1) is 5.92 Å². The molecule has 0 aliphatic heterocycles. The van der Waals surface area contributed by atoms with Crippen LogP contribution in [0.4, 0.5) is 13.2 Å². The van der Waals surface area contributed by atoms with Gasteiger partial charge in [0.2, 0.25) is 0 Å². The molecule has 1 aromatic carbocycles. The zero-order valence-electron chi connectivity index (χ0n) is 9.30. The van der Waals surface area contributed by atoms with E-state index in [0.717, 1.165) is 18.4 Å². The number of fused-ring (bicyclic) bond motifs is 4. The van der Waals surface area contributed by atoms with E-state index in [2.05, 4.69) is 0 Å². The first-order valence-corrected chi connectivity index (χ1v) is 5.93. The lowest BCUT2D eigenvalue weighted by molar-refractivity contribution is -0.138. The molecule has 2 unspecified atom stereocenters. The van der Waals surface area contributed by atoms with Gasteiger partial charge in [0.1, 0.15) is 0 Å². The molecule has 4 heteroatoms. The maximum atomic E-state index is 12.9. The zero-order chi connectivity index (χ0) is 12.2. The molecule has 3 rings (SSSR count). The molecule has 1 fully saturated rings. The molecular formula is C13H14F3N. The first kappa shape index (κ1) is 11.1. The van der Waals surface area contributed by atoms with Crippen molar-refractivity contribution in [1.82, 2.24) is 0 Å². The second kappa shape index (κ2) is 3.48. The number of nitrogens with two attached hydrogens (primary N) is 1. The molecule has 0 saturated heterocycles. The molecule has 0 spiro atoms. The minimum Gasteiger partial charge on any atom is -0.327 e. The predicted molar refractivity (Wildman–Crippen MR) is 58.6 cm³/mol. The number of halogens is 3. The van der Waals surface area contributed by atoms with Crippen molar-refractivity contribution >= 4 is 0 Å². The summed E-state index contributed by atoms with van der Waals surface area (Å²) in [5, 5.41) is 0. The van der Waals surface area contributed by atoms with Crippen LogP contribution in [0.15, 0.2) is 18.2 Å². The molecule has 0 radical (unpaired) electrons. The highest BCUT2D eigenvalue weighted by Gasteiger charge is 2.43.